The molecule has 0 aliphatic heterocycles. The minimum Gasteiger partial charge on any atom is -0.329 e. The van der Waals surface area contributed by atoms with Gasteiger partial charge in [-0.25, -0.2) is 0 Å². The molecule has 0 spiro atoms. The SMILES string of the molecule is N#Cc1ccc(Br)cc1-n1c(=S)[nH]c2cnccc21. The number of imidazole rings is 1. The zero-order valence-corrected chi connectivity index (χ0v) is 12.0. The normalized spacial score (nSPS) is 10.5. The zero-order chi connectivity index (χ0) is 13.4. The van der Waals surface area contributed by atoms with E-state index in [1.807, 2.05) is 22.8 Å². The fourth-order valence-corrected chi connectivity index (χ4v) is 2.64. The van der Waals surface area contributed by atoms with Gasteiger partial charge in [0.2, 0.25) is 0 Å². The first-order valence-corrected chi connectivity index (χ1v) is 6.65. The van der Waals surface area contributed by atoms with Gasteiger partial charge in [-0.05, 0) is 36.5 Å². The number of hydrogen-bond acceptors (Lipinski definition) is 3. The molecule has 0 unspecified atom stereocenters. The summed E-state index contributed by atoms with van der Waals surface area (Å²) in [6, 6.07) is 9.53. The molecule has 92 valence electrons. The summed E-state index contributed by atoms with van der Waals surface area (Å²) in [6.45, 7) is 0. The van der Waals surface area contributed by atoms with Gasteiger partial charge in [0.25, 0.3) is 0 Å². The van der Waals surface area contributed by atoms with E-state index in [1.165, 1.54) is 0 Å². The van der Waals surface area contributed by atoms with E-state index < -0.39 is 0 Å². The third-order valence-corrected chi connectivity index (χ3v) is 3.58. The minimum absolute atomic E-state index is 0.539. The molecule has 2 heterocycles. The quantitative estimate of drug-likeness (QED) is 0.692. The number of aromatic amines is 1. The Bertz CT molecular complexity index is 872. The summed E-state index contributed by atoms with van der Waals surface area (Å²) in [5.41, 5.74) is 3.06. The van der Waals surface area contributed by atoms with Crippen molar-refractivity contribution in [3.05, 3.63) is 51.5 Å². The molecule has 6 heteroatoms. The van der Waals surface area contributed by atoms with Crippen molar-refractivity contribution in [2.24, 2.45) is 0 Å². The van der Waals surface area contributed by atoms with Gasteiger partial charge in [0.1, 0.15) is 6.07 Å². The Morgan fingerprint density at radius 2 is 2.21 bits per heavy atom. The molecule has 4 nitrogen and oxygen atoms in total. The van der Waals surface area contributed by atoms with Gasteiger partial charge in [0.15, 0.2) is 4.77 Å². The van der Waals surface area contributed by atoms with Crippen LogP contribution in [0.1, 0.15) is 5.56 Å². The zero-order valence-electron chi connectivity index (χ0n) is 9.59. The van der Waals surface area contributed by atoms with Gasteiger partial charge in [-0.15, -0.1) is 0 Å². The van der Waals surface area contributed by atoms with Gasteiger partial charge < -0.3 is 4.98 Å². The van der Waals surface area contributed by atoms with Crippen LogP contribution in [0.25, 0.3) is 16.7 Å². The Balaban J connectivity index is 2.43. The smallest absolute Gasteiger partial charge is 0.182 e. The van der Waals surface area contributed by atoms with Crippen LogP contribution < -0.4 is 0 Å². The highest BCUT2D eigenvalue weighted by Crippen LogP contribution is 2.24. The largest absolute Gasteiger partial charge is 0.329 e. The van der Waals surface area contributed by atoms with E-state index in [1.54, 1.807) is 18.5 Å². The molecule has 0 radical (unpaired) electrons. The van der Waals surface area contributed by atoms with E-state index in [0.29, 0.717) is 10.3 Å². The second kappa shape index (κ2) is 4.61. The molecule has 0 saturated carbocycles. The fraction of sp³-hybridized carbons (Fsp3) is 0. The van der Waals surface area contributed by atoms with Gasteiger partial charge in [-0.3, -0.25) is 9.55 Å². The second-order valence-corrected chi connectivity index (χ2v) is 5.23. The van der Waals surface area contributed by atoms with Crippen molar-refractivity contribution in [3.8, 4) is 11.8 Å². The molecule has 0 bridgehead atoms. The molecule has 0 aliphatic rings. The average molecular weight is 331 g/mol. The van der Waals surface area contributed by atoms with Crippen LogP contribution in [0.3, 0.4) is 0 Å². The van der Waals surface area contributed by atoms with Crippen LogP contribution in [0.2, 0.25) is 0 Å². The first-order chi connectivity index (χ1) is 9.20. The highest BCUT2D eigenvalue weighted by Gasteiger charge is 2.10. The lowest BCUT2D eigenvalue weighted by molar-refractivity contribution is 1.06. The number of nitrogens with zero attached hydrogens (tertiary/aromatic N) is 3. The van der Waals surface area contributed by atoms with Crippen LogP contribution in [0, 0.1) is 16.1 Å². The first-order valence-electron chi connectivity index (χ1n) is 5.45. The van der Waals surface area contributed by atoms with E-state index in [0.717, 1.165) is 21.2 Å². The third kappa shape index (κ3) is 1.97. The number of hydrogen-bond donors (Lipinski definition) is 1. The van der Waals surface area contributed by atoms with Crippen LogP contribution in [-0.4, -0.2) is 14.5 Å². The Kier molecular flexibility index (Phi) is 2.93. The molecule has 0 saturated heterocycles. The van der Waals surface area contributed by atoms with Crippen LogP contribution >= 0.6 is 28.1 Å². The molecule has 0 fully saturated rings. The van der Waals surface area contributed by atoms with Crippen LogP contribution in [0.5, 0.6) is 0 Å². The predicted molar refractivity (Wildman–Crippen MR) is 78.7 cm³/mol. The number of halogens is 1. The number of H-pyrrole nitrogens is 1. The van der Waals surface area contributed by atoms with Gasteiger partial charge in [-0.2, -0.15) is 5.26 Å². The van der Waals surface area contributed by atoms with Crippen LogP contribution in [0.4, 0.5) is 0 Å². The summed E-state index contributed by atoms with van der Waals surface area (Å²) in [7, 11) is 0. The Morgan fingerprint density at radius 1 is 1.37 bits per heavy atom. The van der Waals surface area contributed by atoms with Gasteiger partial charge >= 0.3 is 0 Å². The monoisotopic (exact) mass is 330 g/mol. The standard InChI is InChI=1S/C13H7BrN4S/c14-9-2-1-8(6-15)12(5-9)18-11-3-4-16-7-10(11)17-13(18)19/h1-5,7H,(H,17,19). The number of rotatable bonds is 1. The summed E-state index contributed by atoms with van der Waals surface area (Å²) in [6.07, 6.45) is 3.41. The lowest BCUT2D eigenvalue weighted by atomic mass is 10.2. The highest BCUT2D eigenvalue weighted by atomic mass is 79.9. The molecule has 0 aliphatic carbocycles. The molecule has 1 N–H and O–H groups in total. The summed E-state index contributed by atoms with van der Waals surface area (Å²) >= 11 is 8.76. The van der Waals surface area contributed by atoms with Gasteiger partial charge in [0, 0.05) is 10.7 Å². The maximum Gasteiger partial charge on any atom is 0.182 e. The van der Waals surface area contributed by atoms with E-state index >= 15 is 0 Å². The van der Waals surface area contributed by atoms with Crippen molar-refractivity contribution >= 4 is 39.2 Å². The fourth-order valence-electron chi connectivity index (χ4n) is 1.98. The summed E-state index contributed by atoms with van der Waals surface area (Å²) in [5, 5.41) is 9.24. The second-order valence-electron chi connectivity index (χ2n) is 3.93. The highest BCUT2D eigenvalue weighted by molar-refractivity contribution is 9.10. The van der Waals surface area contributed by atoms with Crippen molar-refractivity contribution < 1.29 is 0 Å². The van der Waals surface area contributed by atoms with E-state index in [-0.39, 0.29) is 0 Å². The van der Waals surface area contributed by atoms with E-state index in [9.17, 15) is 5.26 Å². The van der Waals surface area contributed by atoms with Crippen LogP contribution in [-0.2, 0) is 0 Å². The Labute approximate surface area is 122 Å². The summed E-state index contributed by atoms with van der Waals surface area (Å²) in [4.78, 5) is 7.14. The molecule has 0 amide bonds. The van der Waals surface area contributed by atoms with E-state index in [4.69, 9.17) is 12.2 Å². The molecule has 1 aromatic carbocycles. The Morgan fingerprint density at radius 3 is 3.00 bits per heavy atom. The lowest BCUT2D eigenvalue weighted by Gasteiger charge is -2.07. The third-order valence-electron chi connectivity index (χ3n) is 2.80. The summed E-state index contributed by atoms with van der Waals surface area (Å²) < 4.78 is 3.28. The van der Waals surface area contributed by atoms with Crippen molar-refractivity contribution in [1.82, 2.24) is 14.5 Å². The maximum atomic E-state index is 9.24. The number of nitrogens with one attached hydrogen (secondary N) is 1. The topological polar surface area (TPSA) is 57.4 Å². The van der Waals surface area contributed by atoms with Crippen molar-refractivity contribution in [2.75, 3.05) is 0 Å². The molecule has 3 rings (SSSR count). The molecule has 3 aromatic rings. The van der Waals surface area contributed by atoms with Crippen molar-refractivity contribution in [3.63, 3.8) is 0 Å². The number of aromatic nitrogens is 3. The molecule has 0 atom stereocenters. The average Bonchev–Trinajstić information content (AvgIpc) is 2.74. The predicted octanol–water partition coefficient (Wildman–Crippen LogP) is 3.72. The first kappa shape index (κ1) is 12.1. The van der Waals surface area contributed by atoms with Gasteiger partial charge in [-0.1, -0.05) is 15.9 Å². The van der Waals surface area contributed by atoms with E-state index in [2.05, 4.69) is 32.0 Å². The molecular formula is C13H7BrN4S. The molecule has 2 aromatic heterocycles. The lowest BCUT2D eigenvalue weighted by Crippen LogP contribution is -1.97. The Hall–Kier alpha value is -1.97. The molecule has 19 heavy (non-hydrogen) atoms. The number of nitriles is 1. The number of fused-ring (bicyclic) bond motifs is 1. The maximum absolute atomic E-state index is 9.24. The van der Waals surface area contributed by atoms with Crippen molar-refractivity contribution in [2.45, 2.75) is 0 Å². The summed E-state index contributed by atoms with van der Waals surface area (Å²) in [5.74, 6) is 0. The minimum atomic E-state index is 0.539. The number of pyridine rings is 1. The van der Waals surface area contributed by atoms with Gasteiger partial charge in [0.05, 0.1) is 28.5 Å². The molecular weight excluding hydrogens is 324 g/mol. The van der Waals surface area contributed by atoms with Crippen molar-refractivity contribution in [1.29, 1.82) is 5.26 Å². The van der Waals surface area contributed by atoms with Crippen LogP contribution in [0.15, 0.2) is 41.1 Å². The number of benzene rings is 1.